The van der Waals surface area contributed by atoms with Crippen LogP contribution in [-0.2, 0) is 11.3 Å². The fourth-order valence-corrected chi connectivity index (χ4v) is 4.57. The lowest BCUT2D eigenvalue weighted by molar-refractivity contribution is 0.0342. The summed E-state index contributed by atoms with van der Waals surface area (Å²) in [6.45, 7) is 8.44. The van der Waals surface area contributed by atoms with Crippen molar-refractivity contribution in [2.75, 3.05) is 31.6 Å². The molecule has 0 spiro atoms. The quantitative estimate of drug-likeness (QED) is 0.597. The molecule has 1 amide bonds. The number of benzene rings is 2. The minimum Gasteiger partial charge on any atom is -0.379 e. The molecule has 3 aromatic rings. The first-order valence-electron chi connectivity index (χ1n) is 10.5. The van der Waals surface area contributed by atoms with E-state index in [0.717, 1.165) is 43.4 Å². The molecule has 1 N–H and O–H groups in total. The normalized spacial score (nSPS) is 14.4. The van der Waals surface area contributed by atoms with Crippen LogP contribution >= 0.6 is 11.8 Å². The average Bonchev–Trinajstić information content (AvgIpc) is 2.77. The number of hydrogen-bond donors (Lipinski definition) is 1. The highest BCUT2D eigenvalue weighted by Crippen LogP contribution is 2.32. The van der Waals surface area contributed by atoms with Crippen molar-refractivity contribution in [1.29, 1.82) is 0 Å². The van der Waals surface area contributed by atoms with Gasteiger partial charge in [-0.05, 0) is 55.3 Å². The van der Waals surface area contributed by atoms with Gasteiger partial charge in [-0.15, -0.1) is 0 Å². The van der Waals surface area contributed by atoms with Crippen LogP contribution in [0.1, 0.15) is 27.0 Å². The standard InChI is InChI=1S/C25H27N3O2S/c1-18-8-9-23(19(2)15-18)31-25-22(7-4-10-26-25)24(29)27-21-6-3-5-20(16-21)17-28-11-13-30-14-12-28/h3-10,15-16H,11-14,17H2,1-2H3,(H,27,29). The molecule has 1 saturated heterocycles. The molecule has 6 heteroatoms. The van der Waals surface area contributed by atoms with Gasteiger partial charge in [0.1, 0.15) is 5.03 Å². The number of carbonyl (C=O) groups is 1. The Morgan fingerprint density at radius 2 is 1.94 bits per heavy atom. The summed E-state index contributed by atoms with van der Waals surface area (Å²) in [6, 6.07) is 18.0. The van der Waals surface area contributed by atoms with Gasteiger partial charge in [-0.2, -0.15) is 0 Å². The van der Waals surface area contributed by atoms with Gasteiger partial charge in [0.25, 0.3) is 5.91 Å². The van der Waals surface area contributed by atoms with E-state index < -0.39 is 0 Å². The molecule has 1 aliphatic rings. The largest absolute Gasteiger partial charge is 0.379 e. The maximum Gasteiger partial charge on any atom is 0.258 e. The molecule has 1 fully saturated rings. The van der Waals surface area contributed by atoms with Gasteiger partial charge < -0.3 is 10.1 Å². The van der Waals surface area contributed by atoms with E-state index in [9.17, 15) is 4.79 Å². The Hall–Kier alpha value is -2.67. The number of nitrogens with zero attached hydrogens (tertiary/aromatic N) is 2. The molecular weight excluding hydrogens is 406 g/mol. The Morgan fingerprint density at radius 1 is 1.10 bits per heavy atom. The number of rotatable bonds is 6. The Labute approximate surface area is 187 Å². The first-order valence-corrected chi connectivity index (χ1v) is 11.3. The summed E-state index contributed by atoms with van der Waals surface area (Å²) in [5, 5.41) is 3.76. The highest BCUT2D eigenvalue weighted by atomic mass is 32.2. The van der Waals surface area contributed by atoms with Crippen molar-refractivity contribution < 1.29 is 9.53 Å². The maximum absolute atomic E-state index is 13.1. The number of hydrogen-bond acceptors (Lipinski definition) is 5. The number of pyridine rings is 1. The first-order chi connectivity index (χ1) is 15.1. The van der Waals surface area contributed by atoms with E-state index in [1.807, 2.05) is 24.3 Å². The second-order valence-electron chi connectivity index (χ2n) is 7.77. The zero-order valence-corrected chi connectivity index (χ0v) is 18.7. The van der Waals surface area contributed by atoms with E-state index in [0.29, 0.717) is 10.6 Å². The SMILES string of the molecule is Cc1ccc(Sc2ncccc2C(=O)Nc2cccc(CN3CCOCC3)c2)c(C)c1. The summed E-state index contributed by atoms with van der Waals surface area (Å²) in [4.78, 5) is 21.0. The van der Waals surface area contributed by atoms with Gasteiger partial charge >= 0.3 is 0 Å². The molecule has 1 aromatic heterocycles. The van der Waals surface area contributed by atoms with Gasteiger partial charge in [0.15, 0.2) is 0 Å². The van der Waals surface area contributed by atoms with Gasteiger partial charge in [0.05, 0.1) is 18.8 Å². The van der Waals surface area contributed by atoms with Crippen LogP contribution in [0.25, 0.3) is 0 Å². The number of carbonyl (C=O) groups excluding carboxylic acids is 1. The van der Waals surface area contributed by atoms with E-state index in [1.165, 1.54) is 28.5 Å². The van der Waals surface area contributed by atoms with Crippen molar-refractivity contribution >= 4 is 23.4 Å². The summed E-state index contributed by atoms with van der Waals surface area (Å²) in [5.74, 6) is -0.149. The van der Waals surface area contributed by atoms with Crippen LogP contribution in [0.15, 0.2) is 70.7 Å². The molecule has 1 aliphatic heterocycles. The number of anilines is 1. The van der Waals surface area contributed by atoms with Gasteiger partial charge in [-0.3, -0.25) is 9.69 Å². The van der Waals surface area contributed by atoms with Crippen LogP contribution in [0.4, 0.5) is 5.69 Å². The van der Waals surface area contributed by atoms with Crippen molar-refractivity contribution in [1.82, 2.24) is 9.88 Å². The van der Waals surface area contributed by atoms with Crippen LogP contribution in [-0.4, -0.2) is 42.1 Å². The van der Waals surface area contributed by atoms with Crippen LogP contribution in [0, 0.1) is 13.8 Å². The van der Waals surface area contributed by atoms with Crippen molar-refractivity contribution in [2.24, 2.45) is 0 Å². The zero-order valence-electron chi connectivity index (χ0n) is 17.9. The van der Waals surface area contributed by atoms with Crippen molar-refractivity contribution in [3.63, 3.8) is 0 Å². The summed E-state index contributed by atoms with van der Waals surface area (Å²) in [5.41, 5.74) is 4.94. The molecule has 2 aromatic carbocycles. The molecule has 0 radical (unpaired) electrons. The Balaban J connectivity index is 1.48. The number of aryl methyl sites for hydroxylation is 2. The zero-order chi connectivity index (χ0) is 21.6. The Kier molecular flexibility index (Phi) is 7.02. The predicted octanol–water partition coefficient (Wildman–Crippen LogP) is 4.93. The number of aromatic nitrogens is 1. The molecule has 5 nitrogen and oxygen atoms in total. The van der Waals surface area contributed by atoms with E-state index in [1.54, 1.807) is 12.3 Å². The lowest BCUT2D eigenvalue weighted by Crippen LogP contribution is -2.35. The van der Waals surface area contributed by atoms with Crippen LogP contribution < -0.4 is 5.32 Å². The third kappa shape index (κ3) is 5.73. The fourth-order valence-electron chi connectivity index (χ4n) is 3.63. The van der Waals surface area contributed by atoms with E-state index in [-0.39, 0.29) is 5.91 Å². The highest BCUT2D eigenvalue weighted by molar-refractivity contribution is 7.99. The topological polar surface area (TPSA) is 54.5 Å². The van der Waals surface area contributed by atoms with Gasteiger partial charge in [0.2, 0.25) is 0 Å². The number of ether oxygens (including phenoxy) is 1. The molecule has 0 bridgehead atoms. The average molecular weight is 434 g/mol. The molecule has 0 saturated carbocycles. The second-order valence-corrected chi connectivity index (χ2v) is 8.80. The van der Waals surface area contributed by atoms with Crippen LogP contribution in [0.3, 0.4) is 0 Å². The van der Waals surface area contributed by atoms with E-state index in [4.69, 9.17) is 4.74 Å². The third-order valence-electron chi connectivity index (χ3n) is 5.25. The minimum absolute atomic E-state index is 0.149. The first kappa shape index (κ1) is 21.6. The minimum atomic E-state index is -0.149. The van der Waals surface area contributed by atoms with Gasteiger partial charge in [-0.25, -0.2) is 4.98 Å². The summed E-state index contributed by atoms with van der Waals surface area (Å²) >= 11 is 1.52. The van der Waals surface area contributed by atoms with Crippen LogP contribution in [0.2, 0.25) is 0 Å². The number of morpholine rings is 1. The van der Waals surface area contributed by atoms with Crippen LogP contribution in [0.5, 0.6) is 0 Å². The highest BCUT2D eigenvalue weighted by Gasteiger charge is 2.16. The molecule has 160 valence electrons. The monoisotopic (exact) mass is 433 g/mol. The molecule has 31 heavy (non-hydrogen) atoms. The van der Waals surface area contributed by atoms with E-state index in [2.05, 4.69) is 53.3 Å². The Bertz CT molecular complexity index is 1060. The lowest BCUT2D eigenvalue weighted by Gasteiger charge is -2.26. The number of nitrogens with one attached hydrogen (secondary N) is 1. The fraction of sp³-hybridized carbons (Fsp3) is 0.280. The molecule has 0 aliphatic carbocycles. The summed E-state index contributed by atoms with van der Waals surface area (Å²) < 4.78 is 5.42. The predicted molar refractivity (Wildman–Crippen MR) is 125 cm³/mol. The summed E-state index contributed by atoms with van der Waals surface area (Å²) in [7, 11) is 0. The maximum atomic E-state index is 13.1. The van der Waals surface area contributed by atoms with Gasteiger partial charge in [0, 0.05) is 36.4 Å². The second kappa shape index (κ2) is 10.1. The van der Waals surface area contributed by atoms with Crippen molar-refractivity contribution in [2.45, 2.75) is 30.3 Å². The summed E-state index contributed by atoms with van der Waals surface area (Å²) in [6.07, 6.45) is 1.73. The molecule has 2 heterocycles. The number of amides is 1. The van der Waals surface area contributed by atoms with Crippen molar-refractivity contribution in [3.8, 4) is 0 Å². The molecule has 0 atom stereocenters. The smallest absolute Gasteiger partial charge is 0.258 e. The molecular formula is C25H27N3O2S. The van der Waals surface area contributed by atoms with Crippen molar-refractivity contribution in [3.05, 3.63) is 83.0 Å². The van der Waals surface area contributed by atoms with E-state index >= 15 is 0 Å². The Morgan fingerprint density at radius 3 is 2.74 bits per heavy atom. The lowest BCUT2D eigenvalue weighted by atomic mass is 10.1. The molecule has 0 unspecified atom stereocenters. The molecule has 4 rings (SSSR count). The van der Waals surface area contributed by atoms with Gasteiger partial charge in [-0.1, -0.05) is 41.6 Å². The third-order valence-corrected chi connectivity index (χ3v) is 6.44.